The summed E-state index contributed by atoms with van der Waals surface area (Å²) in [6.07, 6.45) is -0.501. The Bertz CT molecular complexity index is 2140. The Hall–Kier alpha value is -4.46. The summed E-state index contributed by atoms with van der Waals surface area (Å²) in [5, 5.41) is 28.7. The number of benzene rings is 2. The molecule has 4 N–H and O–H groups in total. The number of carbonyl (C=O) groups excluding carboxylic acids is 2. The molecule has 16 nitrogen and oxygen atoms in total. The minimum absolute atomic E-state index is 0.000926. The number of rotatable bonds is 10. The van der Waals surface area contributed by atoms with Gasteiger partial charge in [-0.1, -0.05) is 94.1 Å². The Morgan fingerprint density at radius 2 is 1.03 bits per heavy atom. The van der Waals surface area contributed by atoms with E-state index in [-0.39, 0.29) is 36.7 Å². The Morgan fingerprint density at radius 3 is 1.34 bits per heavy atom. The van der Waals surface area contributed by atoms with E-state index in [1.165, 1.54) is 0 Å². The van der Waals surface area contributed by atoms with Crippen molar-refractivity contribution in [3.05, 3.63) is 104 Å². The molecule has 18 heteroatoms. The molecule has 6 heterocycles. The van der Waals surface area contributed by atoms with E-state index < -0.39 is 47.6 Å². The van der Waals surface area contributed by atoms with E-state index in [0.717, 1.165) is 31.5 Å². The Kier molecular flexibility index (Phi) is 13.5. The number of halogens is 2. The highest BCUT2D eigenvalue weighted by atomic mass is 79.9. The van der Waals surface area contributed by atoms with Crippen LogP contribution >= 0.6 is 31.9 Å². The van der Waals surface area contributed by atoms with Crippen LogP contribution < -0.4 is 11.0 Å². The number of aryl methyl sites for hydroxylation is 2. The third-order valence-corrected chi connectivity index (χ3v) is 12.7. The standard InChI is InChI=1S/2C22H27BrN4O4/c2*1-12(2)19(18-9-13(3)25-30-18)21(29)27-11-16(28)10-17(27)20-24-22(4,31-26-20)14-5-7-15(23)8-6-14/h2*5-9,12,16-17,19,28H,10-11H2,1-4H3,(H,24,26)/t16-,17+,19+,22?;16-,17+,19-,22?/m11/s1. The van der Waals surface area contributed by atoms with Crippen molar-refractivity contribution >= 4 is 55.3 Å². The summed E-state index contributed by atoms with van der Waals surface area (Å²) < 4.78 is 12.8. The van der Waals surface area contributed by atoms with Crippen LogP contribution in [0.5, 0.6) is 0 Å². The summed E-state index contributed by atoms with van der Waals surface area (Å²) in [4.78, 5) is 51.7. The van der Waals surface area contributed by atoms with Gasteiger partial charge in [-0.2, -0.15) is 0 Å². The molecule has 0 bridgehead atoms. The van der Waals surface area contributed by atoms with Crippen LogP contribution in [0, 0.1) is 25.7 Å². The van der Waals surface area contributed by atoms with Gasteiger partial charge in [0.2, 0.25) is 23.3 Å². The van der Waals surface area contributed by atoms with Crippen molar-refractivity contribution in [2.75, 3.05) is 13.1 Å². The van der Waals surface area contributed by atoms with Gasteiger partial charge in [-0.05, 0) is 63.8 Å². The number of hydrogen-bond donors (Lipinski definition) is 4. The topological polar surface area (TPSA) is 200 Å². The molecule has 2 saturated heterocycles. The van der Waals surface area contributed by atoms with Gasteiger partial charge in [0.15, 0.2) is 0 Å². The molecular weight excluding hydrogens is 928 g/mol. The maximum atomic E-state index is 13.6. The second-order valence-corrected chi connectivity index (χ2v) is 19.2. The van der Waals surface area contributed by atoms with E-state index in [4.69, 9.17) is 28.7 Å². The van der Waals surface area contributed by atoms with Gasteiger partial charge in [0.1, 0.15) is 35.0 Å². The number of aliphatic hydroxyl groups is 2. The normalized spacial score (nSPS) is 26.8. The minimum atomic E-state index is -0.919. The fraction of sp³-hybridized carbons (Fsp3) is 0.500. The molecule has 62 heavy (non-hydrogen) atoms. The third-order valence-electron chi connectivity index (χ3n) is 11.7. The molecule has 332 valence electrons. The highest BCUT2D eigenvalue weighted by Crippen LogP contribution is 2.37. The third kappa shape index (κ3) is 9.55. The quantitative estimate of drug-likeness (QED) is 0.135. The summed E-state index contributed by atoms with van der Waals surface area (Å²) in [6.45, 7) is 15.7. The number of hydrogen-bond acceptors (Lipinski definition) is 14. The Labute approximate surface area is 377 Å². The molecule has 2 fully saturated rings. The zero-order chi connectivity index (χ0) is 44.7. The van der Waals surface area contributed by atoms with Crippen LogP contribution in [-0.2, 0) is 30.7 Å². The van der Waals surface area contributed by atoms with Crippen molar-refractivity contribution in [3.63, 3.8) is 0 Å². The van der Waals surface area contributed by atoms with Crippen LogP contribution in [0.3, 0.4) is 0 Å². The van der Waals surface area contributed by atoms with E-state index in [2.05, 4.69) is 53.1 Å². The highest BCUT2D eigenvalue weighted by molar-refractivity contribution is 9.10. The number of aliphatic hydroxyl groups excluding tert-OH is 2. The van der Waals surface area contributed by atoms with Gasteiger partial charge in [-0.3, -0.25) is 9.59 Å². The van der Waals surface area contributed by atoms with E-state index in [0.29, 0.717) is 36.0 Å². The van der Waals surface area contributed by atoms with Gasteiger partial charge in [0.05, 0.1) is 35.7 Å². The lowest BCUT2D eigenvalue weighted by atomic mass is 9.91. The van der Waals surface area contributed by atoms with Crippen molar-refractivity contribution in [3.8, 4) is 0 Å². The Morgan fingerprint density at radius 1 is 0.677 bits per heavy atom. The second-order valence-electron chi connectivity index (χ2n) is 17.4. The van der Waals surface area contributed by atoms with Gasteiger partial charge in [0, 0.05) is 58.1 Å². The van der Waals surface area contributed by atoms with Gasteiger partial charge < -0.3 is 29.1 Å². The molecule has 4 aliphatic rings. The van der Waals surface area contributed by atoms with Crippen molar-refractivity contribution in [2.45, 2.75) is 116 Å². The predicted octanol–water partition coefficient (Wildman–Crippen LogP) is 6.51. The van der Waals surface area contributed by atoms with E-state index in [1.54, 1.807) is 21.9 Å². The Balaban J connectivity index is 0.000000186. The molecule has 8 atom stereocenters. The lowest BCUT2D eigenvalue weighted by molar-refractivity contribution is -0.135. The first-order chi connectivity index (χ1) is 29.4. The average molecular weight is 983 g/mol. The summed E-state index contributed by atoms with van der Waals surface area (Å²) in [7, 11) is 0. The molecule has 2 amide bonds. The van der Waals surface area contributed by atoms with Crippen molar-refractivity contribution in [2.24, 2.45) is 21.8 Å². The number of hydroxylamine groups is 2. The van der Waals surface area contributed by atoms with E-state index in [9.17, 15) is 19.8 Å². The average Bonchev–Trinajstić information content (AvgIpc) is 4.09. The van der Waals surface area contributed by atoms with E-state index >= 15 is 0 Å². The van der Waals surface area contributed by atoms with Gasteiger partial charge in [-0.25, -0.2) is 30.6 Å². The maximum absolute atomic E-state index is 13.6. The second kappa shape index (κ2) is 18.3. The molecular formula is C44H54Br2N8O8. The minimum Gasteiger partial charge on any atom is -0.391 e. The monoisotopic (exact) mass is 980 g/mol. The highest BCUT2D eigenvalue weighted by Gasteiger charge is 2.47. The molecule has 2 unspecified atom stereocenters. The molecule has 4 aromatic rings. The molecule has 0 radical (unpaired) electrons. The number of likely N-dealkylation sites (tertiary alicyclic amines) is 2. The molecule has 0 aliphatic carbocycles. The summed E-state index contributed by atoms with van der Waals surface area (Å²) in [5.41, 5.74) is 7.22. The largest absolute Gasteiger partial charge is 0.391 e. The summed E-state index contributed by atoms with van der Waals surface area (Å²) in [5.74, 6) is 0.929. The molecule has 8 rings (SSSR count). The van der Waals surface area contributed by atoms with Crippen molar-refractivity contribution < 1.29 is 38.5 Å². The maximum Gasteiger partial charge on any atom is 0.234 e. The number of amidine groups is 2. The number of carbonyl (C=O) groups is 2. The summed E-state index contributed by atoms with van der Waals surface area (Å²) in [6, 6.07) is 18.2. The molecule has 2 aromatic carbocycles. The van der Waals surface area contributed by atoms with Gasteiger partial charge >= 0.3 is 0 Å². The van der Waals surface area contributed by atoms with Crippen molar-refractivity contribution in [1.82, 2.24) is 31.1 Å². The fourth-order valence-corrected chi connectivity index (χ4v) is 8.95. The van der Waals surface area contributed by atoms with Crippen molar-refractivity contribution in [1.29, 1.82) is 0 Å². The van der Waals surface area contributed by atoms with Gasteiger partial charge in [0.25, 0.3) is 0 Å². The van der Waals surface area contributed by atoms with Crippen LogP contribution in [0.4, 0.5) is 0 Å². The fourth-order valence-electron chi connectivity index (χ4n) is 8.43. The number of aliphatic imine (C=N–C) groups is 2. The lowest BCUT2D eigenvalue weighted by Gasteiger charge is -2.29. The van der Waals surface area contributed by atoms with Crippen LogP contribution in [0.25, 0.3) is 0 Å². The number of aromatic nitrogens is 2. The molecule has 0 saturated carbocycles. The number of nitrogens with one attached hydrogen (secondary N) is 2. The number of β-amino-alcohol motifs (C(OH)–C–C–N with tert-alkyl or cyclic N) is 2. The van der Waals surface area contributed by atoms with Crippen LogP contribution in [-0.4, -0.2) is 91.2 Å². The van der Waals surface area contributed by atoms with Gasteiger partial charge in [-0.15, -0.1) is 0 Å². The zero-order valence-corrected chi connectivity index (χ0v) is 39.2. The molecule has 4 aliphatic heterocycles. The van der Waals surface area contributed by atoms with Crippen LogP contribution in [0.1, 0.15) is 100 Å². The van der Waals surface area contributed by atoms with Crippen LogP contribution in [0.2, 0.25) is 0 Å². The summed E-state index contributed by atoms with van der Waals surface area (Å²) >= 11 is 6.87. The lowest BCUT2D eigenvalue weighted by Crippen LogP contribution is -2.46. The number of nitrogens with zero attached hydrogens (tertiary/aromatic N) is 6. The first-order valence-corrected chi connectivity index (χ1v) is 22.4. The predicted molar refractivity (Wildman–Crippen MR) is 236 cm³/mol. The number of amides is 2. The first-order valence-electron chi connectivity index (χ1n) is 20.8. The van der Waals surface area contributed by atoms with Crippen LogP contribution in [0.15, 0.2) is 88.6 Å². The zero-order valence-electron chi connectivity index (χ0n) is 36.0. The SMILES string of the molecule is Cc1cc([C@@H](C(=O)N2C[C@H](O)C[C@H]2C2=NC(C)(c3ccc(Br)cc3)ON2)C(C)C)on1.Cc1cc([C@H](C(=O)N2C[C@H](O)C[C@H]2C2=NC(C)(c3ccc(Br)cc3)ON2)C(C)C)on1. The first kappa shape index (κ1) is 45.6. The van der Waals surface area contributed by atoms with E-state index in [1.807, 2.05) is 104 Å². The molecule has 2 aromatic heterocycles. The smallest absolute Gasteiger partial charge is 0.234 e. The molecule has 0 spiro atoms.